The van der Waals surface area contributed by atoms with E-state index in [4.69, 9.17) is 30.0 Å². The van der Waals surface area contributed by atoms with Crippen molar-refractivity contribution in [3.63, 3.8) is 0 Å². The first-order valence-electron chi connectivity index (χ1n) is 40.7. The maximum atomic E-state index is 12.4. The van der Waals surface area contributed by atoms with E-state index in [9.17, 15) is 38.1 Å². The van der Waals surface area contributed by atoms with Crippen molar-refractivity contribution >= 4 is 39.4 Å². The zero-order valence-electron chi connectivity index (χ0n) is 65.0. The summed E-state index contributed by atoms with van der Waals surface area (Å²) in [5.41, 5.74) is 9.94. The van der Waals surface area contributed by atoms with Gasteiger partial charge in [-0.2, -0.15) is 0 Å². The summed E-state index contributed by atoms with van der Waals surface area (Å²) in [4.78, 5) is 71.9. The normalized spacial score (nSPS) is 13.1. The van der Waals surface area contributed by atoms with E-state index in [0.29, 0.717) is 12.8 Å². The average Bonchev–Trinajstić information content (AvgIpc) is 1.55. The van der Waals surface area contributed by atoms with Gasteiger partial charge in [-0.25, -0.2) is 0 Å². The van der Waals surface area contributed by atoms with Crippen LogP contribution in [0.2, 0.25) is 0 Å². The van der Waals surface area contributed by atoms with Crippen LogP contribution in [0.3, 0.4) is 0 Å². The van der Waals surface area contributed by atoms with Gasteiger partial charge in [0.1, 0.15) is 13.2 Å². The summed E-state index contributed by atoms with van der Waals surface area (Å²) in [5, 5.41) is 0. The fourth-order valence-electron chi connectivity index (χ4n) is 12.2. The molecule has 0 saturated heterocycles. The van der Waals surface area contributed by atoms with E-state index in [1.165, 1.54) is 308 Å². The Bertz CT molecular complexity index is 1660. The Balaban J connectivity index is -0.000000884. The van der Waals surface area contributed by atoms with Crippen molar-refractivity contribution in [3.05, 3.63) is 0 Å². The van der Waals surface area contributed by atoms with Crippen LogP contribution in [0, 0.1) is 0 Å². The van der Waals surface area contributed by atoms with Crippen molar-refractivity contribution < 1.29 is 125 Å². The molecule has 0 heterocycles. The van der Waals surface area contributed by atoms with Gasteiger partial charge in [-0.3, -0.25) is 39.3 Å². The molecule has 0 amide bonds. The molecule has 4 N–H and O–H groups in total. The van der Waals surface area contributed by atoms with Gasteiger partial charge in [0.15, 0.2) is 12.2 Å². The number of hydrogen-bond acceptors (Lipinski definition) is 14. The first-order valence-corrected chi connectivity index (χ1v) is 44.0. The van der Waals surface area contributed by atoms with Crippen LogP contribution in [0.4, 0.5) is 0 Å². The van der Waals surface area contributed by atoms with Gasteiger partial charge in [-0.15, -0.1) is 0 Å². The molecule has 0 bridgehead atoms. The molecule has 0 aliphatic heterocycles. The molecule has 0 saturated carbocycles. The fourth-order valence-corrected chi connectivity index (χ4v) is 12.9. The van der Waals surface area contributed by atoms with Crippen molar-refractivity contribution in [3.8, 4) is 0 Å². The number of unbranched alkanes of at least 4 members (excludes halogenated alkanes) is 56. The van der Waals surface area contributed by atoms with E-state index < -0.39 is 52.9 Å². The van der Waals surface area contributed by atoms with Gasteiger partial charge in [-0.1, -0.05) is 387 Å². The molecule has 2 unspecified atom stereocenters. The Hall–Kier alpha value is 0.1000. The third-order valence-electron chi connectivity index (χ3n) is 18.3. The number of carbonyl (C=O) groups excluding carboxylic acids is 4. The number of esters is 4. The van der Waals surface area contributed by atoms with Gasteiger partial charge in [0.25, 0.3) is 0 Å². The molecule has 0 aromatic carbocycles. The molecule has 0 fully saturated rings. The van der Waals surface area contributed by atoms with E-state index in [1.807, 2.05) is 0 Å². The maximum Gasteiger partial charge on any atom is 1.00 e. The number of nitrogens with two attached hydrogens (primary N) is 2. The predicted octanol–water partition coefficient (Wildman–Crippen LogP) is 16.8. The number of hydrogen-bond donors (Lipinski definition) is 2. The van der Waals surface area contributed by atoms with Gasteiger partial charge in [0, 0.05) is 25.7 Å². The Labute approximate surface area is 647 Å². The van der Waals surface area contributed by atoms with E-state index >= 15 is 0 Å². The number of rotatable bonds is 76. The molecule has 0 aromatic heterocycles. The summed E-state index contributed by atoms with van der Waals surface area (Å²) in [6, 6.07) is 0. The Kier molecular flexibility index (Phi) is 88.2. The molecule has 0 aliphatic carbocycles. The summed E-state index contributed by atoms with van der Waals surface area (Å²) >= 11 is 0. The SMILES string of the molecule is CCCCCCCCCCCCCCCCCC(=O)OC[C@H](COP(N)(=O)[O-])OC(=O)CCCCCCCCCCCCCCCCC.CCCCCCCCCCCCCCCCCC(=O)OC[C@H](COP(N)(=O)[O-])OC(=O)CCCCCCCCCCCCCCCCC.[Na+].[Na+]. The fraction of sp³-hybridized carbons (Fsp3) is 0.949. The second kappa shape index (κ2) is 82.7. The molecule has 20 heteroatoms. The van der Waals surface area contributed by atoms with Crippen LogP contribution in [0.1, 0.15) is 439 Å². The second-order valence-corrected chi connectivity index (χ2v) is 30.7. The maximum absolute atomic E-state index is 12.4. The second-order valence-electron chi connectivity index (χ2n) is 28.1. The van der Waals surface area contributed by atoms with E-state index in [1.54, 1.807) is 0 Å². The first kappa shape index (κ1) is 104. The summed E-state index contributed by atoms with van der Waals surface area (Å²) in [6.07, 6.45) is 73.9. The van der Waals surface area contributed by atoms with Crippen LogP contribution < -0.4 is 79.9 Å². The molecular weight excluding hydrogens is 1300 g/mol. The molecule has 98 heavy (non-hydrogen) atoms. The van der Waals surface area contributed by atoms with E-state index in [0.717, 1.165) is 64.2 Å². The van der Waals surface area contributed by atoms with Crippen molar-refractivity contribution in [2.75, 3.05) is 26.4 Å². The summed E-state index contributed by atoms with van der Waals surface area (Å²) < 4.78 is 53.3. The van der Waals surface area contributed by atoms with Gasteiger partial charge < -0.3 is 37.8 Å². The first-order chi connectivity index (χ1) is 46.6. The van der Waals surface area contributed by atoms with Crippen LogP contribution in [-0.2, 0) is 56.3 Å². The quantitative estimate of drug-likeness (QED) is 0.0189. The number of carbonyl (C=O) groups is 4. The van der Waals surface area contributed by atoms with Crippen molar-refractivity contribution in [1.29, 1.82) is 0 Å². The minimum atomic E-state index is -4.49. The molecule has 0 aliphatic rings. The standard InChI is InChI=1S/2C39H78NO7P.2Na/c2*1-3-5-7-9-11-13-15-17-19-21-23-25-27-29-31-33-38(41)45-35-37(36-46-48(40,43)44)47-39(42)34-32-30-28-26-24-22-20-18-16-14-12-10-8-6-4-2;;/h2*37H,3-36H2,1-2H3,(H3,40,43,44);;/q;;2*+1/p-2/t2*37-;;/m11../s1. The predicted molar refractivity (Wildman–Crippen MR) is 395 cm³/mol. The Morgan fingerprint density at radius 2 is 0.398 bits per heavy atom. The Morgan fingerprint density at radius 1 is 0.255 bits per heavy atom. The van der Waals surface area contributed by atoms with Crippen LogP contribution in [0.25, 0.3) is 0 Å². The van der Waals surface area contributed by atoms with Crippen molar-refractivity contribution in [1.82, 2.24) is 0 Å². The smallest absolute Gasteiger partial charge is 0.766 e. The molecule has 4 atom stereocenters. The average molecular weight is 1450 g/mol. The number of ether oxygens (including phenoxy) is 4. The largest absolute Gasteiger partial charge is 1.00 e. The topological polar surface area (TPSA) is 256 Å². The molecule has 0 rings (SSSR count). The third-order valence-corrected chi connectivity index (χ3v) is 19.3. The zero-order chi connectivity index (χ0) is 70.8. The Morgan fingerprint density at radius 3 is 0.551 bits per heavy atom. The molecule has 16 nitrogen and oxygen atoms in total. The molecular formula is C78H154N2Na2O14P2. The van der Waals surface area contributed by atoms with E-state index in [-0.39, 0.29) is 110 Å². The minimum absolute atomic E-state index is 0. The molecule has 572 valence electrons. The van der Waals surface area contributed by atoms with Crippen molar-refractivity contribution in [2.45, 2.75) is 451 Å². The van der Waals surface area contributed by atoms with Crippen LogP contribution in [-0.4, -0.2) is 62.5 Å². The van der Waals surface area contributed by atoms with Crippen LogP contribution >= 0.6 is 15.5 Å². The van der Waals surface area contributed by atoms with Gasteiger partial charge in [0.05, 0.1) is 13.2 Å². The summed E-state index contributed by atoms with van der Waals surface area (Å²) in [5.74, 6) is -1.67. The van der Waals surface area contributed by atoms with Gasteiger partial charge >= 0.3 is 83.0 Å². The van der Waals surface area contributed by atoms with Gasteiger partial charge in [-0.05, 0) is 25.7 Å². The third kappa shape index (κ3) is 90.3. The summed E-state index contributed by atoms with van der Waals surface area (Å²) in [6.45, 7) is 7.61. The van der Waals surface area contributed by atoms with Gasteiger partial charge in [0.2, 0.25) is 15.5 Å². The summed E-state index contributed by atoms with van der Waals surface area (Å²) in [7, 11) is -8.98. The zero-order valence-corrected chi connectivity index (χ0v) is 70.8. The van der Waals surface area contributed by atoms with Crippen molar-refractivity contribution in [2.24, 2.45) is 11.0 Å². The minimum Gasteiger partial charge on any atom is -0.766 e. The molecule has 0 aromatic rings. The van der Waals surface area contributed by atoms with Crippen LogP contribution in [0.15, 0.2) is 0 Å². The monoisotopic (exact) mass is 1450 g/mol. The molecule has 0 radical (unpaired) electrons. The van der Waals surface area contributed by atoms with Crippen LogP contribution in [0.5, 0.6) is 0 Å². The molecule has 0 spiro atoms. The van der Waals surface area contributed by atoms with E-state index in [2.05, 4.69) is 36.7 Å².